The van der Waals surface area contributed by atoms with E-state index in [0.29, 0.717) is 25.6 Å². The van der Waals surface area contributed by atoms with E-state index in [9.17, 15) is 4.79 Å². The van der Waals surface area contributed by atoms with Crippen molar-refractivity contribution in [3.63, 3.8) is 0 Å². The monoisotopic (exact) mass is 369 g/mol. The predicted molar refractivity (Wildman–Crippen MR) is 104 cm³/mol. The molecule has 25 heavy (non-hydrogen) atoms. The van der Waals surface area contributed by atoms with Gasteiger partial charge in [0.05, 0.1) is 6.61 Å². The SMILES string of the molecule is CCCOc1cccc(CN2CCCCC2CNC(=O)CCN)c1.Cl. The number of hydrogen-bond acceptors (Lipinski definition) is 4. The molecule has 1 atom stereocenters. The van der Waals surface area contributed by atoms with Crippen molar-refractivity contribution >= 4 is 18.3 Å². The van der Waals surface area contributed by atoms with Gasteiger partial charge in [-0.15, -0.1) is 12.4 Å². The summed E-state index contributed by atoms with van der Waals surface area (Å²) in [6, 6.07) is 8.76. The molecular formula is C19H32ClN3O2. The van der Waals surface area contributed by atoms with E-state index in [1.54, 1.807) is 0 Å². The van der Waals surface area contributed by atoms with Crippen LogP contribution < -0.4 is 15.8 Å². The Bertz CT molecular complexity index is 513. The Morgan fingerprint density at radius 2 is 2.24 bits per heavy atom. The van der Waals surface area contributed by atoms with E-state index in [0.717, 1.165) is 38.3 Å². The molecule has 0 radical (unpaired) electrons. The van der Waals surface area contributed by atoms with Gasteiger partial charge in [0.25, 0.3) is 0 Å². The van der Waals surface area contributed by atoms with Crippen LogP contribution in [0.15, 0.2) is 24.3 Å². The summed E-state index contributed by atoms with van der Waals surface area (Å²) >= 11 is 0. The molecule has 3 N–H and O–H groups in total. The number of likely N-dealkylation sites (tertiary alicyclic amines) is 1. The molecule has 1 aromatic carbocycles. The van der Waals surface area contributed by atoms with Crippen molar-refractivity contribution < 1.29 is 9.53 Å². The lowest BCUT2D eigenvalue weighted by Crippen LogP contribution is -2.46. The van der Waals surface area contributed by atoms with Gasteiger partial charge in [0.2, 0.25) is 5.91 Å². The first kappa shape index (κ1) is 21.7. The minimum absolute atomic E-state index is 0. The molecule has 1 fully saturated rings. The van der Waals surface area contributed by atoms with Gasteiger partial charge in [0.1, 0.15) is 5.75 Å². The van der Waals surface area contributed by atoms with Gasteiger partial charge >= 0.3 is 0 Å². The number of nitrogens with one attached hydrogen (secondary N) is 1. The van der Waals surface area contributed by atoms with Gasteiger partial charge in [-0.2, -0.15) is 0 Å². The van der Waals surface area contributed by atoms with Crippen LogP contribution in [0.5, 0.6) is 5.75 Å². The lowest BCUT2D eigenvalue weighted by molar-refractivity contribution is -0.121. The highest BCUT2D eigenvalue weighted by atomic mass is 35.5. The standard InChI is InChI=1S/C19H31N3O2.ClH/c1-2-12-24-18-8-5-6-16(13-18)15-22-11-4-3-7-17(22)14-21-19(23)9-10-20;/h5-6,8,13,17H,2-4,7,9-12,14-15,20H2,1H3,(H,21,23);1H. The number of amides is 1. The Morgan fingerprint density at radius 1 is 1.40 bits per heavy atom. The summed E-state index contributed by atoms with van der Waals surface area (Å²) < 4.78 is 5.73. The van der Waals surface area contributed by atoms with E-state index in [2.05, 4.69) is 35.3 Å². The zero-order chi connectivity index (χ0) is 17.2. The van der Waals surface area contributed by atoms with Crippen molar-refractivity contribution in [2.75, 3.05) is 26.2 Å². The minimum Gasteiger partial charge on any atom is -0.494 e. The van der Waals surface area contributed by atoms with Crippen LogP contribution in [0.25, 0.3) is 0 Å². The Labute approximate surface area is 157 Å². The lowest BCUT2D eigenvalue weighted by Gasteiger charge is -2.36. The van der Waals surface area contributed by atoms with Crippen LogP contribution in [0, 0.1) is 0 Å². The molecule has 1 unspecified atom stereocenters. The Balaban J connectivity index is 0.00000312. The third kappa shape index (κ3) is 7.63. The molecule has 0 bridgehead atoms. The number of hydrogen-bond donors (Lipinski definition) is 2. The van der Waals surface area contributed by atoms with Crippen molar-refractivity contribution in [3.05, 3.63) is 29.8 Å². The zero-order valence-corrected chi connectivity index (χ0v) is 16.0. The highest BCUT2D eigenvalue weighted by Gasteiger charge is 2.22. The van der Waals surface area contributed by atoms with Crippen LogP contribution in [-0.4, -0.2) is 43.1 Å². The maximum absolute atomic E-state index is 11.7. The second-order valence-electron chi connectivity index (χ2n) is 6.46. The zero-order valence-electron chi connectivity index (χ0n) is 15.2. The molecule has 1 amide bonds. The number of carbonyl (C=O) groups excluding carboxylic acids is 1. The quantitative estimate of drug-likeness (QED) is 0.702. The van der Waals surface area contributed by atoms with Gasteiger partial charge in [-0.25, -0.2) is 0 Å². The van der Waals surface area contributed by atoms with Crippen molar-refractivity contribution in [1.82, 2.24) is 10.2 Å². The van der Waals surface area contributed by atoms with Crippen LogP contribution in [0.3, 0.4) is 0 Å². The van der Waals surface area contributed by atoms with Crippen LogP contribution in [-0.2, 0) is 11.3 Å². The smallest absolute Gasteiger partial charge is 0.221 e. The summed E-state index contributed by atoms with van der Waals surface area (Å²) in [5.74, 6) is 0.997. The van der Waals surface area contributed by atoms with Gasteiger partial charge in [0.15, 0.2) is 0 Å². The van der Waals surface area contributed by atoms with Gasteiger partial charge in [-0.1, -0.05) is 25.5 Å². The Morgan fingerprint density at radius 3 is 3.00 bits per heavy atom. The minimum atomic E-state index is 0. The van der Waals surface area contributed by atoms with Crippen molar-refractivity contribution in [3.8, 4) is 5.75 Å². The second kappa shape index (κ2) is 12.1. The molecule has 1 heterocycles. The number of nitrogens with two attached hydrogens (primary N) is 1. The molecule has 142 valence electrons. The first-order chi connectivity index (χ1) is 11.7. The maximum atomic E-state index is 11.7. The summed E-state index contributed by atoms with van der Waals surface area (Å²) in [5, 5.41) is 3.02. The fraction of sp³-hybridized carbons (Fsp3) is 0.632. The van der Waals surface area contributed by atoms with Crippen LogP contribution >= 0.6 is 12.4 Å². The van der Waals surface area contributed by atoms with E-state index in [4.69, 9.17) is 10.5 Å². The summed E-state index contributed by atoms with van der Waals surface area (Å²) in [7, 11) is 0. The van der Waals surface area contributed by atoms with Crippen LogP contribution in [0.4, 0.5) is 0 Å². The number of halogens is 1. The fourth-order valence-corrected chi connectivity index (χ4v) is 3.14. The molecule has 0 spiro atoms. The number of nitrogens with zero attached hydrogens (tertiary/aromatic N) is 1. The first-order valence-corrected chi connectivity index (χ1v) is 9.15. The lowest BCUT2D eigenvalue weighted by atomic mass is 10.0. The van der Waals surface area contributed by atoms with E-state index in [-0.39, 0.29) is 18.3 Å². The van der Waals surface area contributed by atoms with E-state index in [1.807, 2.05) is 6.07 Å². The summed E-state index contributed by atoms with van der Waals surface area (Å²) in [6.45, 7) is 5.97. The first-order valence-electron chi connectivity index (χ1n) is 9.15. The third-order valence-electron chi connectivity index (χ3n) is 4.41. The molecule has 6 heteroatoms. The van der Waals surface area contributed by atoms with E-state index in [1.165, 1.54) is 18.4 Å². The van der Waals surface area contributed by atoms with Crippen molar-refractivity contribution in [2.45, 2.75) is 51.6 Å². The van der Waals surface area contributed by atoms with E-state index >= 15 is 0 Å². The summed E-state index contributed by atoms with van der Waals surface area (Å²) in [6.07, 6.45) is 5.01. The topological polar surface area (TPSA) is 67.6 Å². The van der Waals surface area contributed by atoms with Crippen molar-refractivity contribution in [1.29, 1.82) is 0 Å². The molecule has 1 aromatic rings. The average molecular weight is 370 g/mol. The third-order valence-corrected chi connectivity index (χ3v) is 4.41. The number of piperidine rings is 1. The highest BCUT2D eigenvalue weighted by molar-refractivity contribution is 5.85. The average Bonchev–Trinajstić information content (AvgIpc) is 2.60. The maximum Gasteiger partial charge on any atom is 0.221 e. The van der Waals surface area contributed by atoms with Gasteiger partial charge < -0.3 is 15.8 Å². The normalized spacial score (nSPS) is 17.6. The van der Waals surface area contributed by atoms with Gasteiger partial charge in [-0.3, -0.25) is 9.69 Å². The highest BCUT2D eigenvalue weighted by Crippen LogP contribution is 2.21. The predicted octanol–water partition coefficient (Wildman–Crippen LogP) is 2.72. The van der Waals surface area contributed by atoms with E-state index < -0.39 is 0 Å². The van der Waals surface area contributed by atoms with Crippen molar-refractivity contribution in [2.24, 2.45) is 5.73 Å². The number of benzene rings is 1. The van der Waals surface area contributed by atoms with Crippen LogP contribution in [0.2, 0.25) is 0 Å². The second-order valence-corrected chi connectivity index (χ2v) is 6.46. The number of carbonyl (C=O) groups is 1. The number of ether oxygens (including phenoxy) is 1. The molecule has 1 aliphatic heterocycles. The summed E-state index contributed by atoms with van der Waals surface area (Å²) in [5.41, 5.74) is 6.70. The molecule has 0 saturated carbocycles. The van der Waals surface area contributed by atoms with Gasteiger partial charge in [-0.05, 0) is 43.5 Å². The molecule has 0 aliphatic carbocycles. The fourth-order valence-electron chi connectivity index (χ4n) is 3.14. The largest absolute Gasteiger partial charge is 0.494 e. The molecular weight excluding hydrogens is 338 g/mol. The molecule has 0 aromatic heterocycles. The number of rotatable bonds is 9. The molecule has 5 nitrogen and oxygen atoms in total. The molecule has 1 aliphatic rings. The summed E-state index contributed by atoms with van der Waals surface area (Å²) in [4.78, 5) is 14.1. The molecule has 1 saturated heterocycles. The molecule has 2 rings (SSSR count). The van der Waals surface area contributed by atoms with Gasteiger partial charge in [0, 0.05) is 32.1 Å². The Hall–Kier alpha value is -1.30. The van der Waals surface area contributed by atoms with Crippen LogP contribution in [0.1, 0.15) is 44.6 Å². The Kier molecular flexibility index (Phi) is 10.5.